The standard InChI is InChI=1S/C24H30N2O3SSi/c1-31(2,3)13-12-29-16-26-14-20(19-6-4-5-7-22(19)26)23(28)24-25-21(15-30-24)17-8-10-18(27)11-9-17/h4-7,14-15,17H,8-13,16H2,1-3H3. The number of ketones is 2. The molecule has 1 saturated carbocycles. The average Bonchev–Trinajstić information content (AvgIpc) is 3.36. The molecule has 7 heteroatoms. The summed E-state index contributed by atoms with van der Waals surface area (Å²) in [5.74, 6) is 0.583. The van der Waals surface area contributed by atoms with E-state index in [0.717, 1.165) is 42.1 Å². The molecule has 1 aliphatic rings. The number of Topliss-reactive ketones (excluding diaryl/α,β-unsaturated/α-hetero) is 1. The predicted octanol–water partition coefficient (Wildman–Crippen LogP) is 5.87. The number of ether oxygens (including phenoxy) is 1. The number of fused-ring (bicyclic) bond motifs is 1. The van der Waals surface area contributed by atoms with Crippen molar-refractivity contribution in [2.24, 2.45) is 0 Å². The van der Waals surface area contributed by atoms with Gasteiger partial charge in [0.25, 0.3) is 0 Å². The van der Waals surface area contributed by atoms with Gasteiger partial charge >= 0.3 is 0 Å². The van der Waals surface area contributed by atoms with Gasteiger partial charge in [-0.3, -0.25) is 9.59 Å². The molecule has 0 amide bonds. The lowest BCUT2D eigenvalue weighted by atomic mass is 9.87. The molecule has 164 valence electrons. The first-order valence-electron chi connectivity index (χ1n) is 11.0. The van der Waals surface area contributed by atoms with Gasteiger partial charge in [0.1, 0.15) is 12.5 Å². The molecule has 2 heterocycles. The van der Waals surface area contributed by atoms with Crippen LogP contribution >= 0.6 is 11.3 Å². The summed E-state index contributed by atoms with van der Waals surface area (Å²) in [6.07, 6.45) is 4.82. The van der Waals surface area contributed by atoms with Gasteiger partial charge in [0.15, 0.2) is 5.01 Å². The van der Waals surface area contributed by atoms with Gasteiger partial charge in [0, 0.05) is 50.4 Å². The third kappa shape index (κ3) is 5.22. The van der Waals surface area contributed by atoms with Crippen molar-refractivity contribution in [2.45, 2.75) is 64.0 Å². The Morgan fingerprint density at radius 2 is 1.97 bits per heavy atom. The number of benzene rings is 1. The van der Waals surface area contributed by atoms with Crippen molar-refractivity contribution < 1.29 is 14.3 Å². The van der Waals surface area contributed by atoms with Crippen LogP contribution in [0.15, 0.2) is 35.8 Å². The summed E-state index contributed by atoms with van der Waals surface area (Å²) in [6, 6.07) is 9.08. The second-order valence-electron chi connectivity index (χ2n) is 9.60. The highest BCUT2D eigenvalue weighted by atomic mass is 32.1. The van der Waals surface area contributed by atoms with E-state index in [-0.39, 0.29) is 11.7 Å². The molecule has 0 unspecified atom stereocenters. The summed E-state index contributed by atoms with van der Waals surface area (Å²) in [4.78, 5) is 29.5. The molecule has 1 aliphatic carbocycles. The highest BCUT2D eigenvalue weighted by Crippen LogP contribution is 2.33. The maximum absolute atomic E-state index is 13.3. The van der Waals surface area contributed by atoms with Crippen molar-refractivity contribution in [3.63, 3.8) is 0 Å². The molecule has 0 bridgehead atoms. The number of nitrogens with zero attached hydrogens (tertiary/aromatic N) is 2. The Hall–Kier alpha value is -2.09. The van der Waals surface area contributed by atoms with Gasteiger partial charge in [-0.1, -0.05) is 37.8 Å². The number of hydrogen-bond donors (Lipinski definition) is 0. The topological polar surface area (TPSA) is 61.2 Å². The third-order valence-electron chi connectivity index (χ3n) is 5.94. The van der Waals surface area contributed by atoms with Gasteiger partial charge in [-0.05, 0) is 25.0 Å². The molecule has 0 radical (unpaired) electrons. The smallest absolute Gasteiger partial charge is 0.223 e. The lowest BCUT2D eigenvalue weighted by molar-refractivity contribution is -0.120. The lowest BCUT2D eigenvalue weighted by Crippen LogP contribution is -2.21. The zero-order chi connectivity index (χ0) is 22.0. The number of aromatic nitrogens is 2. The largest absolute Gasteiger partial charge is 0.361 e. The minimum atomic E-state index is -1.14. The normalized spacial score (nSPS) is 15.6. The minimum Gasteiger partial charge on any atom is -0.361 e. The number of hydrogen-bond acceptors (Lipinski definition) is 5. The van der Waals surface area contributed by atoms with Crippen LogP contribution in [-0.2, 0) is 16.3 Å². The molecule has 2 aromatic heterocycles. The Balaban J connectivity index is 1.52. The highest BCUT2D eigenvalue weighted by molar-refractivity contribution is 7.12. The first-order valence-corrected chi connectivity index (χ1v) is 15.6. The third-order valence-corrected chi connectivity index (χ3v) is 8.50. The Labute approximate surface area is 188 Å². The SMILES string of the molecule is C[Si](C)(C)CCOCn1cc(C(=O)c2nc(C3CCC(=O)CC3)cs2)c2ccccc21. The van der Waals surface area contributed by atoms with Crippen molar-refractivity contribution >= 4 is 41.9 Å². The van der Waals surface area contributed by atoms with E-state index in [2.05, 4.69) is 24.6 Å². The Morgan fingerprint density at radius 1 is 1.23 bits per heavy atom. The van der Waals surface area contributed by atoms with Crippen LogP contribution < -0.4 is 0 Å². The predicted molar refractivity (Wildman–Crippen MR) is 128 cm³/mol. The first-order chi connectivity index (χ1) is 14.8. The van der Waals surface area contributed by atoms with E-state index in [1.54, 1.807) is 0 Å². The fraction of sp³-hybridized carbons (Fsp3) is 0.458. The summed E-state index contributed by atoms with van der Waals surface area (Å²) >= 11 is 1.41. The molecule has 1 fully saturated rings. The average molecular weight is 455 g/mol. The van der Waals surface area contributed by atoms with Crippen LogP contribution in [0.2, 0.25) is 25.7 Å². The number of carbonyl (C=O) groups is 2. The summed E-state index contributed by atoms with van der Waals surface area (Å²) < 4.78 is 7.96. The maximum atomic E-state index is 13.3. The number of carbonyl (C=O) groups excluding carboxylic acids is 2. The second-order valence-corrected chi connectivity index (χ2v) is 16.1. The Bertz CT molecular complexity index is 1090. The molecule has 4 rings (SSSR count). The molecule has 0 saturated heterocycles. The van der Waals surface area contributed by atoms with Gasteiger partial charge in [-0.25, -0.2) is 4.98 Å². The maximum Gasteiger partial charge on any atom is 0.223 e. The van der Waals surface area contributed by atoms with Crippen LogP contribution in [0, 0.1) is 0 Å². The van der Waals surface area contributed by atoms with Crippen molar-refractivity contribution in [3.05, 3.63) is 52.1 Å². The fourth-order valence-electron chi connectivity index (χ4n) is 4.00. The number of para-hydroxylation sites is 1. The van der Waals surface area contributed by atoms with Gasteiger partial charge in [-0.15, -0.1) is 11.3 Å². The Kier molecular flexibility index (Phi) is 6.55. The summed E-state index contributed by atoms with van der Waals surface area (Å²) in [6.45, 7) is 8.20. The molecule has 0 N–H and O–H groups in total. The van der Waals surface area contributed by atoms with Crippen LogP contribution in [0.5, 0.6) is 0 Å². The molecule has 0 spiro atoms. The Morgan fingerprint density at radius 3 is 2.71 bits per heavy atom. The van der Waals surface area contributed by atoms with E-state index in [4.69, 9.17) is 4.74 Å². The highest BCUT2D eigenvalue weighted by Gasteiger charge is 2.25. The molecular weight excluding hydrogens is 424 g/mol. The van der Waals surface area contributed by atoms with Gasteiger partial charge < -0.3 is 9.30 Å². The second kappa shape index (κ2) is 9.18. The molecule has 31 heavy (non-hydrogen) atoms. The van der Waals surface area contributed by atoms with Gasteiger partial charge in [-0.2, -0.15) is 0 Å². The van der Waals surface area contributed by atoms with Crippen LogP contribution in [0.1, 0.15) is 52.7 Å². The van der Waals surface area contributed by atoms with E-state index < -0.39 is 8.07 Å². The fourth-order valence-corrected chi connectivity index (χ4v) is 5.61. The van der Waals surface area contributed by atoms with E-state index in [0.29, 0.717) is 35.9 Å². The molecule has 5 nitrogen and oxygen atoms in total. The van der Waals surface area contributed by atoms with E-state index in [9.17, 15) is 9.59 Å². The van der Waals surface area contributed by atoms with Crippen molar-refractivity contribution in [2.75, 3.05) is 6.61 Å². The first kappa shape index (κ1) is 22.1. The zero-order valence-corrected chi connectivity index (χ0v) is 20.3. The minimum absolute atomic E-state index is 0.0415. The summed E-state index contributed by atoms with van der Waals surface area (Å²) in [5, 5.41) is 3.45. The van der Waals surface area contributed by atoms with Crippen LogP contribution in [0.4, 0.5) is 0 Å². The molecule has 3 aromatic rings. The van der Waals surface area contributed by atoms with Crippen molar-refractivity contribution in [1.29, 1.82) is 0 Å². The van der Waals surface area contributed by atoms with Crippen molar-refractivity contribution in [1.82, 2.24) is 9.55 Å². The molecule has 1 aromatic carbocycles. The van der Waals surface area contributed by atoms with Crippen LogP contribution in [0.25, 0.3) is 10.9 Å². The summed E-state index contributed by atoms with van der Waals surface area (Å²) in [5.41, 5.74) is 2.63. The van der Waals surface area contributed by atoms with Gasteiger partial charge in [0.2, 0.25) is 5.78 Å². The monoisotopic (exact) mass is 454 g/mol. The van der Waals surface area contributed by atoms with E-state index in [1.807, 2.05) is 40.4 Å². The molecular formula is C24H30N2O3SSi. The van der Waals surface area contributed by atoms with E-state index in [1.165, 1.54) is 11.3 Å². The molecule has 0 atom stereocenters. The van der Waals surface area contributed by atoms with Crippen LogP contribution in [-0.4, -0.2) is 35.8 Å². The quantitative estimate of drug-likeness (QED) is 0.243. The lowest BCUT2D eigenvalue weighted by Gasteiger charge is -2.18. The summed E-state index contributed by atoms with van der Waals surface area (Å²) in [7, 11) is -1.14. The molecule has 0 aliphatic heterocycles. The van der Waals surface area contributed by atoms with Crippen molar-refractivity contribution in [3.8, 4) is 0 Å². The zero-order valence-electron chi connectivity index (χ0n) is 18.5. The van der Waals surface area contributed by atoms with E-state index >= 15 is 0 Å². The van der Waals surface area contributed by atoms with Crippen LogP contribution in [0.3, 0.4) is 0 Å². The van der Waals surface area contributed by atoms with Gasteiger partial charge in [0.05, 0.1) is 16.8 Å². The number of rotatable bonds is 8. The number of thiazole rings is 1.